The minimum absolute atomic E-state index is 0.0415. The lowest BCUT2D eigenvalue weighted by Crippen LogP contribution is -2.31. The summed E-state index contributed by atoms with van der Waals surface area (Å²) in [5, 5.41) is 8.74. The van der Waals surface area contributed by atoms with Gasteiger partial charge in [0.1, 0.15) is 17.1 Å². The van der Waals surface area contributed by atoms with Crippen molar-refractivity contribution in [2.45, 2.75) is 32.8 Å². The number of ether oxygens (including phenoxy) is 2. The summed E-state index contributed by atoms with van der Waals surface area (Å²) >= 11 is 0. The molecule has 0 fully saturated rings. The summed E-state index contributed by atoms with van der Waals surface area (Å²) in [6, 6.07) is 7.15. The van der Waals surface area contributed by atoms with Crippen molar-refractivity contribution >= 4 is 5.97 Å². The highest BCUT2D eigenvalue weighted by Gasteiger charge is 2.23. The van der Waals surface area contributed by atoms with Crippen LogP contribution >= 0.6 is 0 Å². The molecule has 0 aliphatic rings. The average Bonchev–Trinajstić information content (AvgIpc) is 2.18. The van der Waals surface area contributed by atoms with Gasteiger partial charge in [0.25, 0.3) is 0 Å². The van der Waals surface area contributed by atoms with Crippen molar-refractivity contribution in [3.05, 3.63) is 24.3 Å². The van der Waals surface area contributed by atoms with Gasteiger partial charge in [0, 0.05) is 0 Å². The number of benzene rings is 1. The highest BCUT2D eigenvalue weighted by atomic mass is 16.5. The lowest BCUT2D eigenvalue weighted by molar-refractivity contribution is -0.140. The fourth-order valence-electron chi connectivity index (χ4n) is 1.49. The van der Waals surface area contributed by atoms with E-state index in [9.17, 15) is 4.79 Å². The Balaban J connectivity index is 2.65. The van der Waals surface area contributed by atoms with Crippen molar-refractivity contribution in [3.8, 4) is 11.5 Å². The van der Waals surface area contributed by atoms with E-state index in [0.717, 1.165) is 5.75 Å². The van der Waals surface area contributed by atoms with Crippen LogP contribution in [0.3, 0.4) is 0 Å². The van der Waals surface area contributed by atoms with Crippen LogP contribution in [0.1, 0.15) is 27.2 Å². The van der Waals surface area contributed by atoms with Crippen molar-refractivity contribution in [1.29, 1.82) is 0 Å². The minimum atomic E-state index is -0.874. The van der Waals surface area contributed by atoms with E-state index in [1.165, 1.54) is 0 Å². The molecule has 0 aliphatic heterocycles. The molecule has 0 saturated carbocycles. The second-order valence-corrected chi connectivity index (χ2v) is 4.34. The molecule has 4 heteroatoms. The first-order valence-corrected chi connectivity index (χ1v) is 5.56. The summed E-state index contributed by atoms with van der Waals surface area (Å²) in [6.07, 6.45) is -0.0415. The quantitative estimate of drug-likeness (QED) is 0.827. The molecule has 1 N–H and O–H groups in total. The first-order valence-electron chi connectivity index (χ1n) is 5.56. The maximum absolute atomic E-state index is 10.6. The van der Waals surface area contributed by atoms with Gasteiger partial charge in [0.05, 0.1) is 13.0 Å². The van der Waals surface area contributed by atoms with Gasteiger partial charge in [-0.2, -0.15) is 0 Å². The molecular formula is C13H18O4. The van der Waals surface area contributed by atoms with Gasteiger partial charge in [-0.3, -0.25) is 4.79 Å². The molecule has 94 valence electrons. The summed E-state index contributed by atoms with van der Waals surface area (Å²) in [5.41, 5.74) is -0.723. The first-order chi connectivity index (χ1) is 7.93. The van der Waals surface area contributed by atoms with Crippen LogP contribution in [0.5, 0.6) is 11.5 Å². The Hall–Kier alpha value is -1.71. The second-order valence-electron chi connectivity index (χ2n) is 4.34. The fraction of sp³-hybridized carbons (Fsp3) is 0.462. The Kier molecular flexibility index (Phi) is 4.37. The zero-order chi connectivity index (χ0) is 12.9. The van der Waals surface area contributed by atoms with E-state index in [2.05, 4.69) is 0 Å². The van der Waals surface area contributed by atoms with Gasteiger partial charge in [0.15, 0.2) is 0 Å². The van der Waals surface area contributed by atoms with Gasteiger partial charge >= 0.3 is 5.97 Å². The molecule has 0 spiro atoms. The summed E-state index contributed by atoms with van der Waals surface area (Å²) in [5.74, 6) is 0.538. The molecule has 0 heterocycles. The number of carbonyl (C=O) groups is 1. The summed E-state index contributed by atoms with van der Waals surface area (Å²) in [6.45, 7) is 6.03. The van der Waals surface area contributed by atoms with Crippen molar-refractivity contribution in [3.63, 3.8) is 0 Å². The molecule has 0 bridgehead atoms. The highest BCUT2D eigenvalue weighted by molar-refractivity contribution is 5.68. The maximum Gasteiger partial charge on any atom is 0.307 e. The van der Waals surface area contributed by atoms with Crippen LogP contribution in [0.2, 0.25) is 0 Å². The molecule has 1 aromatic carbocycles. The van der Waals surface area contributed by atoms with E-state index in [1.807, 2.05) is 6.92 Å². The van der Waals surface area contributed by atoms with E-state index in [-0.39, 0.29) is 6.42 Å². The summed E-state index contributed by atoms with van der Waals surface area (Å²) in [7, 11) is 0. The van der Waals surface area contributed by atoms with Gasteiger partial charge in [-0.25, -0.2) is 0 Å². The van der Waals surface area contributed by atoms with Gasteiger partial charge in [0.2, 0.25) is 0 Å². The third kappa shape index (κ3) is 4.76. The topological polar surface area (TPSA) is 55.8 Å². The molecule has 0 aromatic heterocycles. The van der Waals surface area contributed by atoms with Gasteiger partial charge < -0.3 is 14.6 Å². The van der Waals surface area contributed by atoms with E-state index in [4.69, 9.17) is 14.6 Å². The number of carboxylic acid groups (broad SMARTS) is 1. The van der Waals surface area contributed by atoms with Crippen LogP contribution in [-0.2, 0) is 4.79 Å². The number of carboxylic acids is 1. The predicted molar refractivity (Wildman–Crippen MR) is 64.6 cm³/mol. The van der Waals surface area contributed by atoms with Crippen LogP contribution < -0.4 is 9.47 Å². The van der Waals surface area contributed by atoms with Crippen LogP contribution in [-0.4, -0.2) is 23.3 Å². The smallest absolute Gasteiger partial charge is 0.307 e. The zero-order valence-corrected chi connectivity index (χ0v) is 10.4. The highest BCUT2D eigenvalue weighted by Crippen LogP contribution is 2.23. The Morgan fingerprint density at radius 3 is 2.24 bits per heavy atom. The van der Waals surface area contributed by atoms with Gasteiger partial charge in [-0.15, -0.1) is 0 Å². The number of hydrogen-bond donors (Lipinski definition) is 1. The van der Waals surface area contributed by atoms with Crippen LogP contribution in [0.15, 0.2) is 24.3 Å². The molecule has 0 atom stereocenters. The molecule has 0 amide bonds. The molecule has 0 saturated heterocycles. The molecule has 1 aromatic rings. The molecule has 0 aliphatic carbocycles. The number of hydrogen-bond acceptors (Lipinski definition) is 3. The van der Waals surface area contributed by atoms with Crippen molar-refractivity contribution in [2.75, 3.05) is 6.61 Å². The Morgan fingerprint density at radius 1 is 1.24 bits per heavy atom. The van der Waals surface area contributed by atoms with E-state index in [1.54, 1.807) is 38.1 Å². The Morgan fingerprint density at radius 2 is 1.76 bits per heavy atom. The third-order valence-electron chi connectivity index (χ3n) is 2.11. The van der Waals surface area contributed by atoms with Crippen LogP contribution in [0.25, 0.3) is 0 Å². The number of aliphatic carboxylic acids is 1. The standard InChI is InChI=1S/C13H18O4/c1-4-16-10-5-7-11(8-6-10)17-13(2,3)9-12(14)15/h5-8H,4,9H2,1-3H3,(H,14,15). The molecular weight excluding hydrogens is 220 g/mol. The van der Waals surface area contributed by atoms with E-state index < -0.39 is 11.6 Å². The Labute approximate surface area is 101 Å². The lowest BCUT2D eigenvalue weighted by atomic mass is 10.1. The average molecular weight is 238 g/mol. The molecule has 0 unspecified atom stereocenters. The molecule has 1 rings (SSSR count). The first kappa shape index (κ1) is 13.4. The number of rotatable bonds is 6. The van der Waals surface area contributed by atoms with Gasteiger partial charge in [-0.1, -0.05) is 0 Å². The third-order valence-corrected chi connectivity index (χ3v) is 2.11. The van der Waals surface area contributed by atoms with Crippen molar-refractivity contribution in [1.82, 2.24) is 0 Å². The van der Waals surface area contributed by atoms with E-state index in [0.29, 0.717) is 12.4 Å². The molecule has 17 heavy (non-hydrogen) atoms. The Bertz CT molecular complexity index is 368. The normalized spacial score (nSPS) is 11.0. The summed E-state index contributed by atoms with van der Waals surface area (Å²) in [4.78, 5) is 10.6. The van der Waals surface area contributed by atoms with Crippen LogP contribution in [0.4, 0.5) is 0 Å². The molecule has 0 radical (unpaired) electrons. The maximum atomic E-state index is 10.6. The van der Waals surface area contributed by atoms with Gasteiger partial charge in [-0.05, 0) is 45.0 Å². The van der Waals surface area contributed by atoms with Crippen molar-refractivity contribution in [2.24, 2.45) is 0 Å². The minimum Gasteiger partial charge on any atom is -0.494 e. The van der Waals surface area contributed by atoms with Crippen LogP contribution in [0, 0.1) is 0 Å². The SMILES string of the molecule is CCOc1ccc(OC(C)(C)CC(=O)O)cc1. The zero-order valence-electron chi connectivity index (χ0n) is 10.4. The largest absolute Gasteiger partial charge is 0.494 e. The summed E-state index contributed by atoms with van der Waals surface area (Å²) < 4.78 is 10.9. The second kappa shape index (κ2) is 5.57. The van der Waals surface area contributed by atoms with E-state index >= 15 is 0 Å². The van der Waals surface area contributed by atoms with Crippen molar-refractivity contribution < 1.29 is 19.4 Å². The fourth-order valence-corrected chi connectivity index (χ4v) is 1.49. The predicted octanol–water partition coefficient (Wildman–Crippen LogP) is 2.72. The molecule has 4 nitrogen and oxygen atoms in total. The lowest BCUT2D eigenvalue weighted by Gasteiger charge is -2.24. The monoisotopic (exact) mass is 238 g/mol.